The van der Waals surface area contributed by atoms with E-state index in [0.717, 1.165) is 50.5 Å². The van der Waals surface area contributed by atoms with Gasteiger partial charge in [-0.1, -0.05) is 85.1 Å². The molecular weight excluding hydrogens is 446 g/mol. The number of nitrogens with zero attached hydrogens (tertiary/aromatic N) is 3. The minimum Gasteiger partial charge on any atom is -0.338 e. The molecule has 1 saturated carbocycles. The van der Waals surface area contributed by atoms with Crippen molar-refractivity contribution in [2.24, 2.45) is 0 Å². The van der Waals surface area contributed by atoms with Gasteiger partial charge in [0.2, 0.25) is 15.9 Å². The summed E-state index contributed by atoms with van der Waals surface area (Å²) in [6.07, 6.45) is 7.83. The molecule has 0 N–H and O–H groups in total. The van der Waals surface area contributed by atoms with Crippen molar-refractivity contribution in [2.45, 2.75) is 75.0 Å². The summed E-state index contributed by atoms with van der Waals surface area (Å²) in [7, 11) is -3.44. The van der Waals surface area contributed by atoms with Gasteiger partial charge in [0, 0.05) is 13.0 Å². The molecule has 2 heterocycles. The fraction of sp³-hybridized carbons (Fsp3) is 0.481. The first-order valence-corrected chi connectivity index (χ1v) is 14.0. The van der Waals surface area contributed by atoms with Crippen molar-refractivity contribution in [2.75, 3.05) is 6.54 Å². The molecule has 5 rings (SSSR count). The van der Waals surface area contributed by atoms with Crippen LogP contribution in [0.5, 0.6) is 0 Å². The maximum atomic E-state index is 13.7. The van der Waals surface area contributed by atoms with Crippen LogP contribution in [0.4, 0.5) is 0 Å². The molecule has 1 aliphatic heterocycles. The molecule has 7 heteroatoms. The second-order valence-electron chi connectivity index (χ2n) is 9.62. The Hall–Kier alpha value is -2.51. The summed E-state index contributed by atoms with van der Waals surface area (Å²) in [5.74, 6) is 1.22. The molecule has 1 aromatic heterocycles. The number of hydrogen-bond acceptors (Lipinski definition) is 5. The molecule has 0 amide bonds. The Morgan fingerprint density at radius 2 is 1.62 bits per heavy atom. The van der Waals surface area contributed by atoms with Crippen LogP contribution in [-0.2, 0) is 22.9 Å². The summed E-state index contributed by atoms with van der Waals surface area (Å²) < 4.78 is 34.8. The molecule has 2 atom stereocenters. The van der Waals surface area contributed by atoms with Crippen molar-refractivity contribution in [1.29, 1.82) is 0 Å². The monoisotopic (exact) mass is 479 g/mol. The van der Waals surface area contributed by atoms with Crippen molar-refractivity contribution in [3.05, 3.63) is 83.5 Å². The fourth-order valence-electron chi connectivity index (χ4n) is 5.43. The molecule has 1 saturated heterocycles. The fourth-order valence-corrected chi connectivity index (χ4v) is 7.66. The van der Waals surface area contributed by atoms with Gasteiger partial charge < -0.3 is 4.52 Å². The highest BCUT2D eigenvalue weighted by Crippen LogP contribution is 2.43. The third kappa shape index (κ3) is 5.10. The highest BCUT2D eigenvalue weighted by Gasteiger charge is 2.46. The highest BCUT2D eigenvalue weighted by molar-refractivity contribution is 7.89. The largest absolute Gasteiger partial charge is 0.338 e. The summed E-state index contributed by atoms with van der Waals surface area (Å²) >= 11 is 0. The van der Waals surface area contributed by atoms with Gasteiger partial charge in [0.05, 0.1) is 5.25 Å². The summed E-state index contributed by atoms with van der Waals surface area (Å²) in [5, 5.41) is 3.91. The SMILES string of the molecule is O=S(=O)(C1CCCCC1)N1C[C@H](c2ccccc2)C[C@H]1c1nc(CCCc2ccccc2)no1. The summed E-state index contributed by atoms with van der Waals surface area (Å²) in [5.41, 5.74) is 2.45. The molecule has 0 radical (unpaired) electrons. The van der Waals surface area contributed by atoms with Gasteiger partial charge in [-0.3, -0.25) is 0 Å². The Bertz CT molecular complexity index is 1160. The summed E-state index contributed by atoms with van der Waals surface area (Å²) in [6, 6.07) is 20.2. The lowest BCUT2D eigenvalue weighted by Gasteiger charge is -2.29. The van der Waals surface area contributed by atoms with E-state index in [1.165, 1.54) is 5.56 Å². The third-order valence-corrected chi connectivity index (χ3v) is 9.68. The van der Waals surface area contributed by atoms with E-state index in [-0.39, 0.29) is 11.2 Å². The van der Waals surface area contributed by atoms with Crippen LogP contribution < -0.4 is 0 Å². The van der Waals surface area contributed by atoms with Gasteiger partial charge in [-0.05, 0) is 49.1 Å². The molecule has 2 fully saturated rings. The van der Waals surface area contributed by atoms with Gasteiger partial charge in [-0.2, -0.15) is 9.29 Å². The minimum atomic E-state index is -3.44. The van der Waals surface area contributed by atoms with Gasteiger partial charge in [0.15, 0.2) is 5.82 Å². The molecule has 6 nitrogen and oxygen atoms in total. The van der Waals surface area contributed by atoms with Crippen LogP contribution in [0.2, 0.25) is 0 Å². The van der Waals surface area contributed by atoms with E-state index >= 15 is 0 Å². The Kier molecular flexibility index (Phi) is 7.11. The number of aryl methyl sites for hydroxylation is 2. The predicted octanol–water partition coefficient (Wildman–Crippen LogP) is 5.44. The molecule has 0 bridgehead atoms. The molecule has 34 heavy (non-hydrogen) atoms. The number of sulfonamides is 1. The topological polar surface area (TPSA) is 76.3 Å². The highest BCUT2D eigenvalue weighted by atomic mass is 32.2. The Morgan fingerprint density at radius 1 is 0.912 bits per heavy atom. The van der Waals surface area contributed by atoms with Crippen LogP contribution in [-0.4, -0.2) is 34.7 Å². The molecule has 3 aromatic rings. The minimum absolute atomic E-state index is 0.123. The van der Waals surface area contributed by atoms with Gasteiger partial charge in [0.1, 0.15) is 6.04 Å². The van der Waals surface area contributed by atoms with Crippen LogP contribution in [0.3, 0.4) is 0 Å². The standard InChI is InChI=1S/C27H33N3O3S/c31-34(32,24-16-8-3-9-17-24)30-20-23(22-14-6-2-7-15-22)19-25(30)27-28-26(29-33-27)18-10-13-21-11-4-1-5-12-21/h1-2,4-7,11-12,14-15,23-25H,3,8-10,13,16-20H2/t23-,25+/m1/s1. The molecule has 0 spiro atoms. The van der Waals surface area contributed by atoms with Crippen molar-refractivity contribution in [3.63, 3.8) is 0 Å². The van der Waals surface area contributed by atoms with E-state index in [4.69, 9.17) is 4.52 Å². The van der Waals surface area contributed by atoms with Crippen molar-refractivity contribution in [1.82, 2.24) is 14.4 Å². The van der Waals surface area contributed by atoms with E-state index < -0.39 is 16.1 Å². The molecule has 1 aliphatic carbocycles. The maximum absolute atomic E-state index is 13.7. The predicted molar refractivity (Wildman–Crippen MR) is 132 cm³/mol. The molecule has 180 valence electrons. The van der Waals surface area contributed by atoms with E-state index in [0.29, 0.717) is 31.1 Å². The molecule has 2 aliphatic rings. The lowest BCUT2D eigenvalue weighted by molar-refractivity contribution is 0.285. The second kappa shape index (κ2) is 10.4. The van der Waals surface area contributed by atoms with Crippen molar-refractivity contribution in [3.8, 4) is 0 Å². The number of rotatable bonds is 8. The van der Waals surface area contributed by atoms with Gasteiger partial charge >= 0.3 is 0 Å². The van der Waals surface area contributed by atoms with Crippen molar-refractivity contribution >= 4 is 10.0 Å². The van der Waals surface area contributed by atoms with Crippen LogP contribution in [0.1, 0.15) is 79.7 Å². The molecule has 0 unspecified atom stereocenters. The van der Waals surface area contributed by atoms with E-state index in [2.05, 4.69) is 34.4 Å². The van der Waals surface area contributed by atoms with E-state index in [1.807, 2.05) is 36.4 Å². The summed E-state index contributed by atoms with van der Waals surface area (Å²) in [6.45, 7) is 0.471. The first-order valence-electron chi connectivity index (χ1n) is 12.5. The number of hydrogen-bond donors (Lipinski definition) is 0. The maximum Gasteiger partial charge on any atom is 0.245 e. The zero-order valence-electron chi connectivity index (χ0n) is 19.6. The van der Waals surface area contributed by atoms with E-state index in [9.17, 15) is 8.42 Å². The average molecular weight is 480 g/mol. The Morgan fingerprint density at radius 3 is 2.35 bits per heavy atom. The first-order chi connectivity index (χ1) is 16.6. The zero-order valence-corrected chi connectivity index (χ0v) is 20.4. The normalized spacial score (nSPS) is 22.2. The number of benzene rings is 2. The van der Waals surface area contributed by atoms with Crippen LogP contribution in [0, 0.1) is 0 Å². The van der Waals surface area contributed by atoms with Crippen LogP contribution >= 0.6 is 0 Å². The van der Waals surface area contributed by atoms with E-state index in [1.54, 1.807) is 4.31 Å². The third-order valence-electron chi connectivity index (χ3n) is 7.30. The first kappa shape index (κ1) is 23.2. The Balaban J connectivity index is 1.34. The smallest absolute Gasteiger partial charge is 0.245 e. The molecular formula is C27H33N3O3S. The lowest BCUT2D eigenvalue weighted by atomic mass is 9.96. The Labute approximate surface area is 202 Å². The van der Waals surface area contributed by atoms with Crippen LogP contribution in [0.25, 0.3) is 0 Å². The van der Waals surface area contributed by atoms with Gasteiger partial charge in [0.25, 0.3) is 0 Å². The summed E-state index contributed by atoms with van der Waals surface area (Å²) in [4.78, 5) is 4.68. The average Bonchev–Trinajstić information content (AvgIpc) is 3.54. The number of aromatic nitrogens is 2. The van der Waals surface area contributed by atoms with Crippen LogP contribution in [0.15, 0.2) is 65.2 Å². The lowest BCUT2D eigenvalue weighted by Crippen LogP contribution is -2.39. The van der Waals surface area contributed by atoms with Gasteiger partial charge in [-0.25, -0.2) is 8.42 Å². The quantitative estimate of drug-likeness (QED) is 0.430. The second-order valence-corrected chi connectivity index (χ2v) is 11.8. The van der Waals surface area contributed by atoms with Gasteiger partial charge in [-0.15, -0.1) is 0 Å². The zero-order chi connectivity index (χ0) is 23.4. The molecule has 2 aromatic carbocycles. The van der Waals surface area contributed by atoms with Crippen molar-refractivity contribution < 1.29 is 12.9 Å².